The summed E-state index contributed by atoms with van der Waals surface area (Å²) in [7, 11) is 1.86. The van der Waals surface area contributed by atoms with Gasteiger partial charge in [0.05, 0.1) is 0 Å². The molecule has 4 rings (SSSR count). The lowest BCUT2D eigenvalue weighted by atomic mass is 10.1. The van der Waals surface area contributed by atoms with E-state index >= 15 is 0 Å². The SMILES string of the molecule is c1ccc2c(PCCCCCPc3cccc4ccccc34)cccc2c1. The second-order valence-corrected chi connectivity index (χ2v) is 9.75. The summed E-state index contributed by atoms with van der Waals surface area (Å²) in [5, 5.41) is 8.69. The van der Waals surface area contributed by atoms with Gasteiger partial charge in [0.25, 0.3) is 0 Å². The van der Waals surface area contributed by atoms with Crippen molar-refractivity contribution in [3.63, 3.8) is 0 Å². The Morgan fingerprint density at radius 2 is 0.889 bits per heavy atom. The highest BCUT2D eigenvalue weighted by atomic mass is 31.1. The normalized spacial score (nSPS) is 12.1. The molecule has 0 N–H and O–H groups in total. The minimum Gasteiger partial charge on any atom is -0.0897 e. The van der Waals surface area contributed by atoms with Gasteiger partial charge in [-0.15, -0.1) is 0 Å². The van der Waals surface area contributed by atoms with Gasteiger partial charge in [0.1, 0.15) is 0 Å². The molecule has 0 bridgehead atoms. The third-order valence-corrected chi connectivity index (χ3v) is 7.90. The highest BCUT2D eigenvalue weighted by Gasteiger charge is 2.02. The zero-order valence-corrected chi connectivity index (χ0v) is 17.6. The number of unbranched alkanes of at least 4 members (excludes halogenated alkanes) is 2. The minimum atomic E-state index is 0.932. The predicted molar refractivity (Wildman–Crippen MR) is 127 cm³/mol. The van der Waals surface area contributed by atoms with Gasteiger partial charge in [-0.05, 0) is 57.3 Å². The summed E-state index contributed by atoms with van der Waals surface area (Å²) in [6, 6.07) is 31.0. The quantitative estimate of drug-likeness (QED) is 0.240. The molecule has 0 aliphatic heterocycles. The van der Waals surface area contributed by atoms with Crippen molar-refractivity contribution in [3.8, 4) is 0 Å². The van der Waals surface area contributed by atoms with Crippen LogP contribution in [0.5, 0.6) is 0 Å². The van der Waals surface area contributed by atoms with Gasteiger partial charge in [-0.25, -0.2) is 0 Å². The van der Waals surface area contributed by atoms with Crippen molar-refractivity contribution in [2.45, 2.75) is 19.3 Å². The van der Waals surface area contributed by atoms with Crippen molar-refractivity contribution in [3.05, 3.63) is 84.9 Å². The van der Waals surface area contributed by atoms with Crippen molar-refractivity contribution >= 4 is 49.3 Å². The Labute approximate surface area is 166 Å². The number of rotatable bonds is 8. The van der Waals surface area contributed by atoms with E-state index in [1.54, 1.807) is 0 Å². The summed E-state index contributed by atoms with van der Waals surface area (Å²) < 4.78 is 0. The first-order valence-electron chi connectivity index (χ1n) is 9.85. The van der Waals surface area contributed by atoms with Crippen LogP contribution in [0.4, 0.5) is 0 Å². The Bertz CT molecular complexity index is 929. The first-order valence-corrected chi connectivity index (χ1v) is 12.3. The van der Waals surface area contributed by atoms with Gasteiger partial charge in [0.15, 0.2) is 0 Å². The summed E-state index contributed by atoms with van der Waals surface area (Å²) in [5.74, 6) is 0. The van der Waals surface area contributed by atoms with Crippen molar-refractivity contribution < 1.29 is 0 Å². The van der Waals surface area contributed by atoms with Gasteiger partial charge in [0.2, 0.25) is 0 Å². The first-order chi connectivity index (χ1) is 13.4. The standard InChI is InChI=1S/C25H26P2/c1(6-18-26-24-16-8-12-20-10-2-4-14-22(20)24)7-19-27-25-17-9-13-21-11-3-5-15-23(21)25/h2-5,8-17,26-27H,1,6-7,18-19H2. The van der Waals surface area contributed by atoms with E-state index in [1.165, 1.54) is 63.7 Å². The molecule has 0 fully saturated rings. The Hall–Kier alpha value is -1.74. The number of hydrogen-bond acceptors (Lipinski definition) is 0. The Morgan fingerprint density at radius 1 is 0.444 bits per heavy atom. The van der Waals surface area contributed by atoms with Crippen LogP contribution in [0.2, 0.25) is 0 Å². The van der Waals surface area contributed by atoms with Crippen LogP contribution in [0, 0.1) is 0 Å². The third-order valence-electron chi connectivity index (χ3n) is 5.06. The van der Waals surface area contributed by atoms with E-state index in [9.17, 15) is 0 Å². The van der Waals surface area contributed by atoms with E-state index in [2.05, 4.69) is 84.9 Å². The molecule has 0 saturated carbocycles. The fourth-order valence-corrected chi connectivity index (χ4v) is 6.29. The highest BCUT2D eigenvalue weighted by Crippen LogP contribution is 2.23. The number of hydrogen-bond donors (Lipinski definition) is 0. The van der Waals surface area contributed by atoms with Crippen molar-refractivity contribution in [2.75, 3.05) is 12.3 Å². The van der Waals surface area contributed by atoms with E-state index in [1.807, 2.05) is 0 Å². The van der Waals surface area contributed by atoms with Gasteiger partial charge in [0, 0.05) is 0 Å². The van der Waals surface area contributed by atoms with Crippen LogP contribution in [0.1, 0.15) is 19.3 Å². The van der Waals surface area contributed by atoms with Gasteiger partial charge in [-0.3, -0.25) is 0 Å². The highest BCUT2D eigenvalue weighted by molar-refractivity contribution is 7.48. The van der Waals surface area contributed by atoms with Crippen molar-refractivity contribution in [2.24, 2.45) is 0 Å². The van der Waals surface area contributed by atoms with E-state index in [0.29, 0.717) is 0 Å². The predicted octanol–water partition coefficient (Wildman–Crippen LogP) is 6.47. The number of fused-ring (bicyclic) bond motifs is 2. The van der Waals surface area contributed by atoms with Crippen LogP contribution >= 0.6 is 17.2 Å². The Kier molecular flexibility index (Phi) is 6.52. The molecule has 0 heterocycles. The Morgan fingerprint density at radius 3 is 1.41 bits per heavy atom. The van der Waals surface area contributed by atoms with E-state index in [4.69, 9.17) is 0 Å². The molecule has 0 saturated heterocycles. The average Bonchev–Trinajstić information content (AvgIpc) is 2.73. The first kappa shape index (κ1) is 18.6. The molecule has 0 radical (unpaired) electrons. The summed E-state index contributed by atoms with van der Waals surface area (Å²) >= 11 is 0. The molecule has 0 nitrogen and oxygen atoms in total. The maximum atomic E-state index is 2.31. The molecule has 0 aliphatic carbocycles. The second kappa shape index (κ2) is 9.45. The largest absolute Gasteiger partial charge is 0.0897 e. The van der Waals surface area contributed by atoms with Gasteiger partial charge < -0.3 is 0 Å². The minimum absolute atomic E-state index is 0.932. The van der Waals surface area contributed by atoms with E-state index in [-0.39, 0.29) is 0 Å². The van der Waals surface area contributed by atoms with Gasteiger partial charge >= 0.3 is 0 Å². The van der Waals surface area contributed by atoms with Crippen LogP contribution in [-0.4, -0.2) is 12.3 Å². The van der Waals surface area contributed by atoms with E-state index < -0.39 is 0 Å². The van der Waals surface area contributed by atoms with Crippen LogP contribution < -0.4 is 10.6 Å². The van der Waals surface area contributed by atoms with Crippen LogP contribution in [0.3, 0.4) is 0 Å². The molecule has 4 aromatic carbocycles. The lowest BCUT2D eigenvalue weighted by Crippen LogP contribution is -1.98. The molecule has 0 amide bonds. The maximum Gasteiger partial charge on any atom is -0.0110 e. The van der Waals surface area contributed by atoms with E-state index in [0.717, 1.165) is 17.2 Å². The molecule has 136 valence electrons. The molecular formula is C25H26P2. The van der Waals surface area contributed by atoms with Crippen LogP contribution in [0.25, 0.3) is 21.5 Å². The zero-order chi connectivity index (χ0) is 18.3. The number of benzene rings is 4. The second-order valence-electron chi connectivity index (χ2n) is 6.97. The summed E-state index contributed by atoms with van der Waals surface area (Å²) in [4.78, 5) is 0. The topological polar surface area (TPSA) is 0 Å². The molecular weight excluding hydrogens is 362 g/mol. The van der Waals surface area contributed by atoms with Crippen LogP contribution in [0.15, 0.2) is 84.9 Å². The Balaban J connectivity index is 1.22. The molecule has 0 aromatic heterocycles. The fraction of sp³-hybridized carbons (Fsp3) is 0.200. The van der Waals surface area contributed by atoms with Crippen LogP contribution in [-0.2, 0) is 0 Å². The monoisotopic (exact) mass is 388 g/mol. The van der Waals surface area contributed by atoms with Gasteiger partial charge in [-0.2, -0.15) is 0 Å². The summed E-state index contributed by atoms with van der Waals surface area (Å²) in [6.07, 6.45) is 6.70. The molecule has 2 heteroatoms. The van der Waals surface area contributed by atoms with Crippen molar-refractivity contribution in [1.82, 2.24) is 0 Å². The van der Waals surface area contributed by atoms with Crippen molar-refractivity contribution in [1.29, 1.82) is 0 Å². The fourth-order valence-electron chi connectivity index (χ4n) is 3.63. The average molecular weight is 388 g/mol. The molecule has 2 unspecified atom stereocenters. The molecule has 27 heavy (non-hydrogen) atoms. The lowest BCUT2D eigenvalue weighted by Gasteiger charge is -2.08. The molecule has 2 atom stereocenters. The third kappa shape index (κ3) is 4.76. The lowest BCUT2D eigenvalue weighted by molar-refractivity contribution is 0.784. The molecule has 0 spiro atoms. The smallest absolute Gasteiger partial charge is 0.0110 e. The molecule has 4 aromatic rings. The maximum absolute atomic E-state index is 2.31. The summed E-state index contributed by atoms with van der Waals surface area (Å²) in [6.45, 7) is 0. The zero-order valence-electron chi connectivity index (χ0n) is 15.6. The molecule has 0 aliphatic rings. The van der Waals surface area contributed by atoms with Gasteiger partial charge in [-0.1, -0.05) is 109 Å². The summed E-state index contributed by atoms with van der Waals surface area (Å²) in [5.41, 5.74) is 0.